The minimum atomic E-state index is -0.443. The van der Waals surface area contributed by atoms with Gasteiger partial charge in [0.25, 0.3) is 5.91 Å². The summed E-state index contributed by atoms with van der Waals surface area (Å²) in [6.45, 7) is 1.92. The highest BCUT2D eigenvalue weighted by molar-refractivity contribution is 7.99. The molecule has 36 heavy (non-hydrogen) atoms. The predicted molar refractivity (Wildman–Crippen MR) is 141 cm³/mol. The fraction of sp³-hybridized carbons (Fsp3) is 0.154. The minimum Gasteiger partial charge on any atom is -0.493 e. The van der Waals surface area contributed by atoms with Crippen molar-refractivity contribution in [1.82, 2.24) is 15.0 Å². The number of carbonyl (C=O) groups excluding carboxylic acids is 2. The van der Waals surface area contributed by atoms with E-state index in [1.165, 1.54) is 32.0 Å². The van der Waals surface area contributed by atoms with Gasteiger partial charge in [0.05, 0.1) is 36.7 Å². The lowest BCUT2D eigenvalue weighted by atomic mass is 10.2. The second kappa shape index (κ2) is 11.7. The number of hydrazone groups is 1. The van der Waals surface area contributed by atoms with Gasteiger partial charge in [-0.05, 0) is 53.6 Å². The van der Waals surface area contributed by atoms with Gasteiger partial charge in [-0.25, -0.2) is 10.4 Å². The number of imidazole rings is 1. The number of benzene rings is 3. The standard InChI is InChI=1S/C26H23ClN4O4S/c1-17(32)35-23-12-9-19(13-24(23)34-2)14-28-30-25(33)16-36-26-29-21-5-3-4-6-22(21)31(26)15-18-7-10-20(27)11-8-18/h3-14H,15-16H2,1-2H3,(H,30,33)/b28-14-. The molecule has 1 heterocycles. The average molecular weight is 523 g/mol. The number of methoxy groups -OCH3 is 1. The van der Waals surface area contributed by atoms with E-state index in [-0.39, 0.29) is 11.7 Å². The molecule has 0 atom stereocenters. The first kappa shape index (κ1) is 25.3. The van der Waals surface area contributed by atoms with Gasteiger partial charge in [-0.1, -0.05) is 47.6 Å². The number of thioether (sulfide) groups is 1. The van der Waals surface area contributed by atoms with E-state index >= 15 is 0 Å². The molecule has 4 rings (SSSR count). The van der Waals surface area contributed by atoms with Crippen LogP contribution in [0.4, 0.5) is 0 Å². The number of fused-ring (bicyclic) bond motifs is 1. The summed E-state index contributed by atoms with van der Waals surface area (Å²) in [6, 6.07) is 20.5. The number of carbonyl (C=O) groups is 2. The number of aromatic nitrogens is 2. The van der Waals surface area contributed by atoms with Crippen molar-refractivity contribution < 1.29 is 19.1 Å². The summed E-state index contributed by atoms with van der Waals surface area (Å²) in [7, 11) is 1.47. The van der Waals surface area contributed by atoms with E-state index in [1.807, 2.05) is 48.5 Å². The van der Waals surface area contributed by atoms with Crippen LogP contribution in [-0.4, -0.2) is 40.5 Å². The zero-order chi connectivity index (χ0) is 25.5. The van der Waals surface area contributed by atoms with Crippen LogP contribution >= 0.6 is 23.4 Å². The number of amides is 1. The van der Waals surface area contributed by atoms with Crippen LogP contribution in [0.3, 0.4) is 0 Å². The lowest BCUT2D eigenvalue weighted by Crippen LogP contribution is -2.20. The van der Waals surface area contributed by atoms with E-state index in [0.717, 1.165) is 21.8 Å². The Morgan fingerprint density at radius 3 is 2.64 bits per heavy atom. The van der Waals surface area contributed by atoms with Crippen molar-refractivity contribution in [3.8, 4) is 11.5 Å². The molecule has 0 spiro atoms. The number of rotatable bonds is 9. The molecule has 0 radical (unpaired) electrons. The van der Waals surface area contributed by atoms with E-state index in [2.05, 4.69) is 15.1 Å². The Morgan fingerprint density at radius 2 is 1.89 bits per heavy atom. The number of nitrogens with zero attached hydrogens (tertiary/aromatic N) is 3. The lowest BCUT2D eigenvalue weighted by molar-refractivity contribution is -0.132. The first-order valence-electron chi connectivity index (χ1n) is 10.9. The summed E-state index contributed by atoms with van der Waals surface area (Å²) < 4.78 is 12.4. The number of hydrogen-bond acceptors (Lipinski definition) is 7. The van der Waals surface area contributed by atoms with Crippen LogP contribution in [-0.2, 0) is 16.1 Å². The highest BCUT2D eigenvalue weighted by Gasteiger charge is 2.13. The fourth-order valence-electron chi connectivity index (χ4n) is 3.43. The minimum absolute atomic E-state index is 0.135. The van der Waals surface area contributed by atoms with Gasteiger partial charge in [0, 0.05) is 11.9 Å². The van der Waals surface area contributed by atoms with Crippen molar-refractivity contribution >= 4 is 52.5 Å². The Labute approximate surface area is 217 Å². The van der Waals surface area contributed by atoms with Gasteiger partial charge in [0.15, 0.2) is 16.7 Å². The number of hydrogen-bond donors (Lipinski definition) is 1. The average Bonchev–Trinajstić information content (AvgIpc) is 3.22. The number of para-hydroxylation sites is 2. The second-order valence-corrected chi connectivity index (χ2v) is 9.06. The molecule has 0 fully saturated rings. The lowest BCUT2D eigenvalue weighted by Gasteiger charge is -2.09. The topological polar surface area (TPSA) is 94.8 Å². The zero-order valence-electron chi connectivity index (χ0n) is 19.6. The molecule has 1 aromatic heterocycles. The Balaban J connectivity index is 1.41. The summed E-state index contributed by atoms with van der Waals surface area (Å²) in [5.74, 6) is 0.112. The van der Waals surface area contributed by atoms with Crippen LogP contribution in [0.25, 0.3) is 11.0 Å². The summed E-state index contributed by atoms with van der Waals surface area (Å²) in [4.78, 5) is 28.3. The third kappa shape index (κ3) is 6.44. The van der Waals surface area contributed by atoms with Crippen molar-refractivity contribution in [2.45, 2.75) is 18.6 Å². The molecular formula is C26H23ClN4O4S. The van der Waals surface area contributed by atoms with Crippen molar-refractivity contribution in [3.05, 3.63) is 82.9 Å². The van der Waals surface area contributed by atoms with Gasteiger partial charge in [-0.3, -0.25) is 9.59 Å². The summed E-state index contributed by atoms with van der Waals surface area (Å²) >= 11 is 7.36. The molecule has 0 aliphatic carbocycles. The first-order valence-corrected chi connectivity index (χ1v) is 12.3. The molecule has 0 bridgehead atoms. The highest BCUT2D eigenvalue weighted by Crippen LogP contribution is 2.28. The van der Waals surface area contributed by atoms with Crippen molar-refractivity contribution in [2.24, 2.45) is 5.10 Å². The Bertz CT molecular complexity index is 1420. The number of esters is 1. The number of nitrogens with one attached hydrogen (secondary N) is 1. The Morgan fingerprint density at radius 1 is 1.11 bits per heavy atom. The largest absolute Gasteiger partial charge is 0.493 e. The van der Waals surface area contributed by atoms with Gasteiger partial charge < -0.3 is 14.0 Å². The summed E-state index contributed by atoms with van der Waals surface area (Å²) in [5.41, 5.74) is 6.12. The monoisotopic (exact) mass is 522 g/mol. The third-order valence-electron chi connectivity index (χ3n) is 5.05. The second-order valence-electron chi connectivity index (χ2n) is 7.68. The fourth-order valence-corrected chi connectivity index (χ4v) is 4.37. The highest BCUT2D eigenvalue weighted by atomic mass is 35.5. The van der Waals surface area contributed by atoms with Gasteiger partial charge in [-0.2, -0.15) is 5.10 Å². The molecule has 184 valence electrons. The van der Waals surface area contributed by atoms with Crippen LogP contribution in [0.5, 0.6) is 11.5 Å². The van der Waals surface area contributed by atoms with Crippen molar-refractivity contribution in [2.75, 3.05) is 12.9 Å². The molecule has 10 heteroatoms. The van der Waals surface area contributed by atoms with Gasteiger partial charge in [0.2, 0.25) is 0 Å². The molecule has 4 aromatic rings. The van der Waals surface area contributed by atoms with Crippen LogP contribution in [0.15, 0.2) is 77.0 Å². The Kier molecular flexibility index (Phi) is 8.24. The van der Waals surface area contributed by atoms with E-state index in [0.29, 0.717) is 28.6 Å². The van der Waals surface area contributed by atoms with Gasteiger partial charge in [-0.15, -0.1) is 0 Å². The van der Waals surface area contributed by atoms with Crippen LogP contribution in [0, 0.1) is 0 Å². The van der Waals surface area contributed by atoms with E-state index < -0.39 is 5.97 Å². The molecule has 0 saturated heterocycles. The van der Waals surface area contributed by atoms with Crippen molar-refractivity contribution in [1.29, 1.82) is 0 Å². The normalized spacial score (nSPS) is 11.1. The van der Waals surface area contributed by atoms with E-state index in [4.69, 9.17) is 26.1 Å². The van der Waals surface area contributed by atoms with E-state index in [9.17, 15) is 9.59 Å². The molecule has 0 aliphatic heterocycles. The third-order valence-corrected chi connectivity index (χ3v) is 6.28. The summed E-state index contributed by atoms with van der Waals surface area (Å²) in [5, 5.41) is 5.43. The van der Waals surface area contributed by atoms with Gasteiger partial charge >= 0.3 is 5.97 Å². The molecule has 1 N–H and O–H groups in total. The van der Waals surface area contributed by atoms with Crippen LogP contribution < -0.4 is 14.9 Å². The molecule has 0 saturated carbocycles. The molecule has 0 unspecified atom stereocenters. The van der Waals surface area contributed by atoms with Crippen LogP contribution in [0.1, 0.15) is 18.1 Å². The Hall–Kier alpha value is -3.82. The first-order chi connectivity index (χ1) is 17.4. The van der Waals surface area contributed by atoms with Gasteiger partial charge in [0.1, 0.15) is 0 Å². The van der Waals surface area contributed by atoms with E-state index in [1.54, 1.807) is 18.2 Å². The molecule has 0 aliphatic rings. The zero-order valence-corrected chi connectivity index (χ0v) is 21.2. The number of halogens is 1. The summed E-state index contributed by atoms with van der Waals surface area (Å²) in [6.07, 6.45) is 1.48. The maximum Gasteiger partial charge on any atom is 0.308 e. The quantitative estimate of drug-likeness (QED) is 0.110. The number of ether oxygens (including phenoxy) is 2. The molecular weight excluding hydrogens is 500 g/mol. The molecule has 3 aromatic carbocycles. The predicted octanol–water partition coefficient (Wildman–Crippen LogP) is 4.91. The molecule has 8 nitrogen and oxygen atoms in total. The van der Waals surface area contributed by atoms with Crippen LogP contribution in [0.2, 0.25) is 5.02 Å². The maximum absolute atomic E-state index is 12.4. The molecule has 1 amide bonds. The SMILES string of the molecule is COc1cc(/C=N\NC(=O)CSc2nc3ccccc3n2Cc2ccc(Cl)cc2)ccc1OC(C)=O. The maximum atomic E-state index is 12.4. The van der Waals surface area contributed by atoms with Crippen molar-refractivity contribution in [3.63, 3.8) is 0 Å². The smallest absolute Gasteiger partial charge is 0.308 e.